The van der Waals surface area contributed by atoms with Crippen molar-refractivity contribution < 1.29 is 0 Å². The van der Waals surface area contributed by atoms with E-state index in [0.717, 1.165) is 13.1 Å². The molecule has 0 saturated carbocycles. The maximum Gasteiger partial charge on any atom is 0.0421 e. The van der Waals surface area contributed by atoms with Crippen LogP contribution in [0.1, 0.15) is 45.4 Å². The Hall–Kier alpha value is 0.0100. The van der Waals surface area contributed by atoms with Crippen LogP contribution in [0.4, 0.5) is 0 Å². The maximum atomic E-state index is 6.03. The summed E-state index contributed by atoms with van der Waals surface area (Å²) in [7, 11) is 0. The Kier molecular flexibility index (Phi) is 4.95. The van der Waals surface area contributed by atoms with E-state index in [-0.39, 0.29) is 5.54 Å². The van der Waals surface area contributed by atoms with Crippen molar-refractivity contribution in [3.05, 3.63) is 11.6 Å². The minimum absolute atomic E-state index is 0.197. The van der Waals surface area contributed by atoms with Gasteiger partial charge in [0.05, 0.1) is 0 Å². The van der Waals surface area contributed by atoms with Gasteiger partial charge in [0, 0.05) is 17.3 Å². The molecule has 2 unspecified atom stereocenters. The molecule has 0 bridgehead atoms. The van der Waals surface area contributed by atoms with Gasteiger partial charge in [-0.3, -0.25) is 0 Å². The molecular formula is C14H26N2S. The molecule has 1 heterocycles. The SMILES string of the molecule is CC1SCCCC1(CN)NCCC1=CCCC1. The van der Waals surface area contributed by atoms with E-state index < -0.39 is 0 Å². The van der Waals surface area contributed by atoms with Crippen molar-refractivity contribution in [1.29, 1.82) is 0 Å². The topological polar surface area (TPSA) is 38.0 Å². The van der Waals surface area contributed by atoms with E-state index in [1.165, 1.54) is 44.3 Å². The number of rotatable bonds is 5. The second-order valence-corrected chi connectivity index (χ2v) is 6.86. The largest absolute Gasteiger partial charge is 0.329 e. The van der Waals surface area contributed by atoms with Gasteiger partial charge in [0.15, 0.2) is 0 Å². The van der Waals surface area contributed by atoms with E-state index in [1.54, 1.807) is 5.57 Å². The molecule has 1 fully saturated rings. The van der Waals surface area contributed by atoms with Crippen molar-refractivity contribution in [3.63, 3.8) is 0 Å². The Morgan fingerprint density at radius 3 is 3.06 bits per heavy atom. The molecule has 3 N–H and O–H groups in total. The first kappa shape index (κ1) is 13.4. The fourth-order valence-corrected chi connectivity index (χ4v) is 4.30. The van der Waals surface area contributed by atoms with Crippen molar-refractivity contribution in [2.24, 2.45) is 5.73 Å². The Labute approximate surface area is 110 Å². The lowest BCUT2D eigenvalue weighted by Gasteiger charge is -2.42. The lowest BCUT2D eigenvalue weighted by molar-refractivity contribution is 0.299. The zero-order valence-corrected chi connectivity index (χ0v) is 11.8. The van der Waals surface area contributed by atoms with E-state index in [9.17, 15) is 0 Å². The summed E-state index contributed by atoms with van der Waals surface area (Å²) in [6, 6.07) is 0. The van der Waals surface area contributed by atoms with Crippen LogP contribution < -0.4 is 11.1 Å². The van der Waals surface area contributed by atoms with Gasteiger partial charge in [-0.05, 0) is 50.8 Å². The predicted octanol–water partition coefficient (Wildman–Crippen LogP) is 2.69. The van der Waals surface area contributed by atoms with Crippen molar-refractivity contribution in [3.8, 4) is 0 Å². The van der Waals surface area contributed by atoms with Gasteiger partial charge in [-0.15, -0.1) is 0 Å². The van der Waals surface area contributed by atoms with Crippen LogP contribution in [0.5, 0.6) is 0 Å². The summed E-state index contributed by atoms with van der Waals surface area (Å²) in [5.74, 6) is 1.30. The molecule has 0 radical (unpaired) electrons. The molecule has 2 aliphatic rings. The highest BCUT2D eigenvalue weighted by molar-refractivity contribution is 8.00. The summed E-state index contributed by atoms with van der Waals surface area (Å²) >= 11 is 2.08. The molecule has 0 aromatic rings. The Morgan fingerprint density at radius 1 is 1.53 bits per heavy atom. The second-order valence-electron chi connectivity index (χ2n) is 5.41. The molecular weight excluding hydrogens is 228 g/mol. The standard InChI is InChI=1S/C14H26N2S/c1-12-14(11-15,8-4-10-17-12)16-9-7-13-5-2-3-6-13/h5,12,16H,2-4,6-11,15H2,1H3. The van der Waals surface area contributed by atoms with Gasteiger partial charge < -0.3 is 11.1 Å². The smallest absolute Gasteiger partial charge is 0.0421 e. The highest BCUT2D eigenvalue weighted by Gasteiger charge is 2.36. The van der Waals surface area contributed by atoms with Gasteiger partial charge in [0.2, 0.25) is 0 Å². The third-order valence-corrected chi connectivity index (χ3v) is 5.81. The first-order valence-electron chi connectivity index (χ1n) is 7.01. The summed E-state index contributed by atoms with van der Waals surface area (Å²) in [4.78, 5) is 0. The normalized spacial score (nSPS) is 33.8. The average molecular weight is 254 g/mol. The van der Waals surface area contributed by atoms with Crippen molar-refractivity contribution in [2.75, 3.05) is 18.8 Å². The van der Waals surface area contributed by atoms with E-state index in [0.29, 0.717) is 5.25 Å². The van der Waals surface area contributed by atoms with Gasteiger partial charge in [0.25, 0.3) is 0 Å². The fraction of sp³-hybridized carbons (Fsp3) is 0.857. The lowest BCUT2D eigenvalue weighted by atomic mass is 9.89. The van der Waals surface area contributed by atoms with Gasteiger partial charge in [-0.2, -0.15) is 11.8 Å². The van der Waals surface area contributed by atoms with Crippen LogP contribution >= 0.6 is 11.8 Å². The van der Waals surface area contributed by atoms with Crippen LogP contribution in [-0.4, -0.2) is 29.6 Å². The highest BCUT2D eigenvalue weighted by atomic mass is 32.2. The van der Waals surface area contributed by atoms with Crippen LogP contribution in [0.2, 0.25) is 0 Å². The summed E-state index contributed by atoms with van der Waals surface area (Å²) in [5.41, 5.74) is 7.88. The summed E-state index contributed by atoms with van der Waals surface area (Å²) in [5, 5.41) is 4.43. The Morgan fingerprint density at radius 2 is 2.41 bits per heavy atom. The van der Waals surface area contributed by atoms with Gasteiger partial charge in [0.1, 0.15) is 0 Å². The minimum Gasteiger partial charge on any atom is -0.329 e. The summed E-state index contributed by atoms with van der Waals surface area (Å²) in [6.07, 6.45) is 10.2. The Bertz CT molecular complexity index is 277. The van der Waals surface area contributed by atoms with Gasteiger partial charge >= 0.3 is 0 Å². The Balaban J connectivity index is 1.81. The molecule has 0 aromatic carbocycles. The zero-order valence-electron chi connectivity index (χ0n) is 11.0. The highest BCUT2D eigenvalue weighted by Crippen LogP contribution is 2.33. The predicted molar refractivity (Wildman–Crippen MR) is 77.5 cm³/mol. The first-order chi connectivity index (χ1) is 8.27. The van der Waals surface area contributed by atoms with Crippen LogP contribution in [0.25, 0.3) is 0 Å². The monoisotopic (exact) mass is 254 g/mol. The molecule has 2 atom stereocenters. The number of nitrogens with two attached hydrogens (primary N) is 1. The van der Waals surface area contributed by atoms with E-state index >= 15 is 0 Å². The number of nitrogens with one attached hydrogen (secondary N) is 1. The molecule has 98 valence electrons. The molecule has 2 rings (SSSR count). The van der Waals surface area contributed by atoms with E-state index in [1.807, 2.05) is 0 Å². The molecule has 17 heavy (non-hydrogen) atoms. The number of allylic oxidation sites excluding steroid dienone is 1. The van der Waals surface area contributed by atoms with E-state index in [2.05, 4.69) is 30.1 Å². The quantitative estimate of drug-likeness (QED) is 0.741. The fourth-order valence-electron chi connectivity index (χ4n) is 3.02. The van der Waals surface area contributed by atoms with E-state index in [4.69, 9.17) is 5.73 Å². The third-order valence-electron chi connectivity index (χ3n) is 4.34. The maximum absolute atomic E-state index is 6.03. The van der Waals surface area contributed by atoms with Gasteiger partial charge in [-0.1, -0.05) is 18.6 Å². The first-order valence-corrected chi connectivity index (χ1v) is 8.06. The van der Waals surface area contributed by atoms with Crippen LogP contribution in [0, 0.1) is 0 Å². The van der Waals surface area contributed by atoms with Crippen molar-refractivity contribution in [1.82, 2.24) is 5.32 Å². The van der Waals surface area contributed by atoms with Crippen LogP contribution in [0.3, 0.4) is 0 Å². The summed E-state index contributed by atoms with van der Waals surface area (Å²) < 4.78 is 0. The number of thioether (sulfide) groups is 1. The molecule has 1 aliphatic carbocycles. The molecule has 0 spiro atoms. The third kappa shape index (κ3) is 3.27. The van der Waals surface area contributed by atoms with Gasteiger partial charge in [-0.25, -0.2) is 0 Å². The molecule has 1 aliphatic heterocycles. The van der Waals surface area contributed by atoms with Crippen LogP contribution in [0.15, 0.2) is 11.6 Å². The van der Waals surface area contributed by atoms with Crippen molar-refractivity contribution >= 4 is 11.8 Å². The number of hydrogen-bond donors (Lipinski definition) is 2. The molecule has 3 heteroatoms. The average Bonchev–Trinajstić information content (AvgIpc) is 2.85. The number of hydrogen-bond acceptors (Lipinski definition) is 3. The second kappa shape index (κ2) is 6.26. The zero-order chi connectivity index (χ0) is 12.1. The molecule has 0 aromatic heterocycles. The molecule has 1 saturated heterocycles. The van der Waals surface area contributed by atoms with Crippen LogP contribution in [-0.2, 0) is 0 Å². The minimum atomic E-state index is 0.197. The lowest BCUT2D eigenvalue weighted by Crippen LogP contribution is -2.59. The molecule has 2 nitrogen and oxygen atoms in total. The summed E-state index contributed by atoms with van der Waals surface area (Å²) in [6.45, 7) is 4.21. The molecule has 0 amide bonds. The van der Waals surface area contributed by atoms with Crippen molar-refractivity contribution in [2.45, 2.75) is 56.2 Å².